The van der Waals surface area contributed by atoms with Crippen LogP contribution in [0.1, 0.15) is 25.3 Å². The number of urea groups is 1. The molecule has 2 amide bonds. The van der Waals surface area contributed by atoms with Gasteiger partial charge in [-0.3, -0.25) is 0 Å². The first-order valence-electron chi connectivity index (χ1n) is 7.12. The first-order valence-corrected chi connectivity index (χ1v) is 7.50. The maximum atomic E-state index is 13.0. The van der Waals surface area contributed by atoms with E-state index in [2.05, 4.69) is 5.32 Å². The number of carbonyl (C=O) groups is 1. The Morgan fingerprint density at radius 2 is 2.19 bits per heavy atom. The van der Waals surface area contributed by atoms with Crippen LogP contribution in [0.3, 0.4) is 0 Å². The molecule has 1 aromatic rings. The quantitative estimate of drug-likeness (QED) is 0.901. The predicted molar refractivity (Wildman–Crippen MR) is 79.6 cm³/mol. The summed E-state index contributed by atoms with van der Waals surface area (Å²) in [6.07, 6.45) is 1.30. The predicted octanol–water partition coefficient (Wildman–Crippen LogP) is 2.78. The van der Waals surface area contributed by atoms with Crippen LogP contribution in [0.4, 0.5) is 9.18 Å². The van der Waals surface area contributed by atoms with Crippen molar-refractivity contribution in [3.05, 3.63) is 34.6 Å². The van der Waals surface area contributed by atoms with Gasteiger partial charge in [-0.15, -0.1) is 0 Å². The fourth-order valence-corrected chi connectivity index (χ4v) is 2.73. The van der Waals surface area contributed by atoms with Gasteiger partial charge in [0.1, 0.15) is 5.82 Å². The maximum Gasteiger partial charge on any atom is 0.317 e. The van der Waals surface area contributed by atoms with Crippen molar-refractivity contribution in [2.24, 2.45) is 5.92 Å². The van der Waals surface area contributed by atoms with E-state index in [9.17, 15) is 14.3 Å². The molecule has 6 heteroatoms. The third kappa shape index (κ3) is 4.32. The molecule has 1 aromatic carbocycles. The second kappa shape index (κ2) is 7.09. The van der Waals surface area contributed by atoms with Crippen LogP contribution in [0.25, 0.3) is 0 Å². The molecule has 0 aliphatic carbocycles. The molecule has 1 saturated heterocycles. The van der Waals surface area contributed by atoms with Crippen molar-refractivity contribution < 1.29 is 14.3 Å². The minimum atomic E-state index is -0.466. The molecule has 2 rings (SSSR count). The van der Waals surface area contributed by atoms with Gasteiger partial charge in [0.25, 0.3) is 0 Å². The van der Waals surface area contributed by atoms with Crippen LogP contribution in [0, 0.1) is 11.7 Å². The van der Waals surface area contributed by atoms with Crippen LogP contribution < -0.4 is 5.32 Å². The lowest BCUT2D eigenvalue weighted by molar-refractivity contribution is 0.0798. The molecule has 0 bridgehead atoms. The molecule has 1 heterocycles. The van der Waals surface area contributed by atoms with Crippen LogP contribution in [-0.2, 0) is 6.54 Å². The number of aliphatic hydroxyl groups is 1. The minimum absolute atomic E-state index is 0.0551. The van der Waals surface area contributed by atoms with Crippen LogP contribution in [0.15, 0.2) is 18.2 Å². The first kappa shape index (κ1) is 16.0. The molecule has 1 aliphatic rings. The zero-order chi connectivity index (χ0) is 15.4. The Balaban J connectivity index is 1.81. The maximum absolute atomic E-state index is 13.0. The minimum Gasteiger partial charge on any atom is -0.393 e. The number of piperidine rings is 1. The molecule has 116 valence electrons. The molecule has 1 unspecified atom stereocenters. The second-order valence-corrected chi connectivity index (χ2v) is 5.88. The third-order valence-corrected chi connectivity index (χ3v) is 4.23. The number of halogens is 2. The highest BCUT2D eigenvalue weighted by atomic mass is 35.5. The average molecular weight is 315 g/mol. The van der Waals surface area contributed by atoms with Crippen molar-refractivity contribution in [2.45, 2.75) is 32.4 Å². The zero-order valence-corrected chi connectivity index (χ0v) is 12.7. The number of hydrogen-bond donors (Lipinski definition) is 2. The summed E-state index contributed by atoms with van der Waals surface area (Å²) in [5.74, 6) is -0.197. The lowest BCUT2D eigenvalue weighted by atomic mass is 9.92. The molecular weight excluding hydrogens is 295 g/mol. The van der Waals surface area contributed by atoms with E-state index < -0.39 is 5.82 Å². The van der Waals surface area contributed by atoms with Gasteiger partial charge in [-0.05, 0) is 43.4 Å². The van der Waals surface area contributed by atoms with E-state index in [1.165, 1.54) is 12.1 Å². The number of benzene rings is 1. The smallest absolute Gasteiger partial charge is 0.317 e. The normalized spacial score (nSPS) is 17.6. The summed E-state index contributed by atoms with van der Waals surface area (Å²) in [5, 5.41) is 12.4. The number of rotatable bonds is 3. The Hall–Kier alpha value is -1.33. The topological polar surface area (TPSA) is 52.6 Å². The molecule has 0 spiro atoms. The van der Waals surface area contributed by atoms with Gasteiger partial charge in [0.15, 0.2) is 0 Å². The Kier molecular flexibility index (Phi) is 5.42. The molecule has 1 atom stereocenters. The van der Waals surface area contributed by atoms with E-state index in [0.717, 1.165) is 18.4 Å². The zero-order valence-electron chi connectivity index (χ0n) is 12.0. The van der Waals surface area contributed by atoms with E-state index in [-0.39, 0.29) is 23.1 Å². The summed E-state index contributed by atoms with van der Waals surface area (Å²) in [7, 11) is 0. The number of carbonyl (C=O) groups excluding carboxylic acids is 1. The summed E-state index contributed by atoms with van der Waals surface area (Å²) < 4.78 is 13.0. The van der Waals surface area contributed by atoms with Crippen molar-refractivity contribution in [1.82, 2.24) is 10.2 Å². The number of amides is 2. The Morgan fingerprint density at radius 3 is 2.76 bits per heavy atom. The van der Waals surface area contributed by atoms with Gasteiger partial charge < -0.3 is 15.3 Å². The SMILES string of the molecule is CC(O)C1CCN(C(=O)NCc2ccc(F)c(Cl)c2)CC1. The summed E-state index contributed by atoms with van der Waals surface area (Å²) >= 11 is 5.70. The Bertz CT molecular complexity index is 502. The van der Waals surface area contributed by atoms with E-state index in [4.69, 9.17) is 11.6 Å². The fourth-order valence-electron chi connectivity index (χ4n) is 2.52. The van der Waals surface area contributed by atoms with Crippen LogP contribution in [0.5, 0.6) is 0 Å². The van der Waals surface area contributed by atoms with E-state index >= 15 is 0 Å². The Labute approximate surface area is 128 Å². The van der Waals surface area contributed by atoms with Crippen molar-refractivity contribution in [3.63, 3.8) is 0 Å². The lowest BCUT2D eigenvalue weighted by Crippen LogP contribution is -2.45. The number of nitrogens with zero attached hydrogens (tertiary/aromatic N) is 1. The number of hydrogen-bond acceptors (Lipinski definition) is 2. The highest BCUT2D eigenvalue weighted by molar-refractivity contribution is 6.30. The highest BCUT2D eigenvalue weighted by Gasteiger charge is 2.25. The van der Waals surface area contributed by atoms with E-state index in [1.54, 1.807) is 17.9 Å². The van der Waals surface area contributed by atoms with Gasteiger partial charge in [-0.1, -0.05) is 17.7 Å². The summed E-state index contributed by atoms with van der Waals surface area (Å²) in [6.45, 7) is 3.39. The largest absolute Gasteiger partial charge is 0.393 e. The van der Waals surface area contributed by atoms with Crippen LogP contribution >= 0.6 is 11.6 Å². The molecule has 1 fully saturated rings. The summed E-state index contributed by atoms with van der Waals surface area (Å²) in [4.78, 5) is 13.8. The number of likely N-dealkylation sites (tertiary alicyclic amines) is 1. The van der Waals surface area contributed by atoms with Crippen molar-refractivity contribution in [2.75, 3.05) is 13.1 Å². The van der Waals surface area contributed by atoms with Gasteiger partial charge in [0.2, 0.25) is 0 Å². The third-order valence-electron chi connectivity index (χ3n) is 3.94. The second-order valence-electron chi connectivity index (χ2n) is 5.47. The molecule has 21 heavy (non-hydrogen) atoms. The molecule has 0 radical (unpaired) electrons. The highest BCUT2D eigenvalue weighted by Crippen LogP contribution is 2.20. The van der Waals surface area contributed by atoms with Gasteiger partial charge in [0.05, 0.1) is 11.1 Å². The molecular formula is C15H20ClFN2O2. The first-order chi connectivity index (χ1) is 9.97. The monoisotopic (exact) mass is 314 g/mol. The van der Waals surface area contributed by atoms with E-state index in [0.29, 0.717) is 19.6 Å². The van der Waals surface area contributed by atoms with Crippen molar-refractivity contribution >= 4 is 17.6 Å². The van der Waals surface area contributed by atoms with Gasteiger partial charge in [-0.2, -0.15) is 0 Å². The Morgan fingerprint density at radius 1 is 1.52 bits per heavy atom. The standard InChI is InChI=1S/C15H20ClFN2O2/c1-10(20)12-4-6-19(7-5-12)15(21)18-9-11-2-3-14(17)13(16)8-11/h2-3,8,10,12,20H,4-7,9H2,1H3,(H,18,21). The van der Waals surface area contributed by atoms with Gasteiger partial charge in [0, 0.05) is 19.6 Å². The molecule has 0 saturated carbocycles. The van der Waals surface area contributed by atoms with Gasteiger partial charge in [-0.25, -0.2) is 9.18 Å². The molecule has 4 nitrogen and oxygen atoms in total. The van der Waals surface area contributed by atoms with Gasteiger partial charge >= 0.3 is 6.03 Å². The number of nitrogens with one attached hydrogen (secondary N) is 1. The summed E-state index contributed by atoms with van der Waals surface area (Å²) in [5.41, 5.74) is 0.758. The lowest BCUT2D eigenvalue weighted by Gasteiger charge is -2.33. The molecule has 1 aliphatic heterocycles. The average Bonchev–Trinajstić information content (AvgIpc) is 2.48. The van der Waals surface area contributed by atoms with Crippen LogP contribution in [0.2, 0.25) is 5.02 Å². The van der Waals surface area contributed by atoms with E-state index in [1.807, 2.05) is 0 Å². The molecule has 2 N–H and O–H groups in total. The molecule has 0 aromatic heterocycles. The van der Waals surface area contributed by atoms with Crippen LogP contribution in [-0.4, -0.2) is 35.2 Å². The summed E-state index contributed by atoms with van der Waals surface area (Å²) in [6, 6.07) is 4.26. The fraction of sp³-hybridized carbons (Fsp3) is 0.533. The van der Waals surface area contributed by atoms with Crippen molar-refractivity contribution in [3.8, 4) is 0 Å². The van der Waals surface area contributed by atoms with Crippen molar-refractivity contribution in [1.29, 1.82) is 0 Å². The number of aliphatic hydroxyl groups excluding tert-OH is 1.